The molecule has 1 fully saturated rings. The fraction of sp³-hybridized carbons (Fsp3) is 0.273. The third-order valence-corrected chi connectivity index (χ3v) is 5.65. The Balaban J connectivity index is 1.48. The van der Waals surface area contributed by atoms with Gasteiger partial charge in [-0.05, 0) is 37.5 Å². The van der Waals surface area contributed by atoms with Crippen LogP contribution in [0.4, 0.5) is 11.4 Å². The van der Waals surface area contributed by atoms with E-state index in [1.165, 1.54) is 18.5 Å². The highest BCUT2D eigenvalue weighted by molar-refractivity contribution is 6.06. The van der Waals surface area contributed by atoms with Crippen LogP contribution in [0.25, 0.3) is 22.4 Å². The van der Waals surface area contributed by atoms with E-state index in [1.54, 1.807) is 16.9 Å². The molecule has 1 unspecified atom stereocenters. The molecule has 1 atom stereocenters. The molecule has 10 nitrogen and oxygen atoms in total. The number of nitrogens with one attached hydrogen (secondary N) is 2. The number of H-pyrrole nitrogens is 1. The number of rotatable bonds is 4. The zero-order valence-corrected chi connectivity index (χ0v) is 17.4. The molecular weight excluding hydrogens is 412 g/mol. The Hall–Kier alpha value is -3.92. The molecular formula is C22H22N6O4. The van der Waals surface area contributed by atoms with E-state index in [1.807, 2.05) is 24.1 Å². The predicted octanol–water partition coefficient (Wildman–Crippen LogP) is 2.48. The van der Waals surface area contributed by atoms with Crippen LogP contribution in [0.2, 0.25) is 0 Å². The number of fused-ring (bicyclic) bond motifs is 1. The topological polar surface area (TPSA) is 129 Å². The molecule has 3 aromatic heterocycles. The summed E-state index contributed by atoms with van der Waals surface area (Å²) < 4.78 is 7.17. The number of aliphatic hydroxyl groups excluding tert-OH is 1. The summed E-state index contributed by atoms with van der Waals surface area (Å²) in [5, 5.41) is 18.6. The number of anilines is 2. The van der Waals surface area contributed by atoms with E-state index in [4.69, 9.17) is 4.42 Å². The lowest BCUT2D eigenvalue weighted by molar-refractivity contribution is 0.102. The average Bonchev–Trinajstić information content (AvgIpc) is 3.41. The molecule has 1 amide bonds. The quantitative estimate of drug-likeness (QED) is 0.450. The van der Waals surface area contributed by atoms with E-state index in [9.17, 15) is 14.7 Å². The third kappa shape index (κ3) is 3.65. The first-order valence-electron chi connectivity index (χ1n) is 10.4. The Labute approximate surface area is 182 Å². The van der Waals surface area contributed by atoms with Crippen LogP contribution in [0.5, 0.6) is 0 Å². The van der Waals surface area contributed by atoms with E-state index < -0.39 is 12.1 Å². The molecule has 32 heavy (non-hydrogen) atoms. The van der Waals surface area contributed by atoms with Gasteiger partial charge in [-0.1, -0.05) is 0 Å². The van der Waals surface area contributed by atoms with Crippen molar-refractivity contribution in [3.05, 3.63) is 59.0 Å². The zero-order valence-electron chi connectivity index (χ0n) is 17.4. The van der Waals surface area contributed by atoms with E-state index in [-0.39, 0.29) is 17.1 Å². The van der Waals surface area contributed by atoms with Crippen LogP contribution in [0.3, 0.4) is 0 Å². The molecule has 0 spiro atoms. The molecule has 0 bridgehead atoms. The Kier molecular flexibility index (Phi) is 4.98. The summed E-state index contributed by atoms with van der Waals surface area (Å²) in [5.41, 5.74) is 2.44. The first kappa shape index (κ1) is 20.0. The van der Waals surface area contributed by atoms with Gasteiger partial charge in [-0.3, -0.25) is 14.3 Å². The maximum absolute atomic E-state index is 13.0. The molecule has 1 aliphatic rings. The summed E-state index contributed by atoms with van der Waals surface area (Å²) in [6.45, 7) is 0.685. The van der Waals surface area contributed by atoms with Crippen LogP contribution >= 0.6 is 0 Å². The predicted molar refractivity (Wildman–Crippen MR) is 118 cm³/mol. The molecule has 1 aromatic carbocycles. The molecule has 4 aromatic rings. The first-order chi connectivity index (χ1) is 15.5. The van der Waals surface area contributed by atoms with Gasteiger partial charge >= 0.3 is 0 Å². The van der Waals surface area contributed by atoms with E-state index in [0.717, 1.165) is 29.4 Å². The lowest BCUT2D eigenvalue weighted by atomic mass is 10.1. The van der Waals surface area contributed by atoms with Gasteiger partial charge in [0.15, 0.2) is 5.69 Å². The van der Waals surface area contributed by atoms with Crippen LogP contribution < -0.4 is 15.8 Å². The number of aromatic amines is 1. The summed E-state index contributed by atoms with van der Waals surface area (Å²) >= 11 is 0. The number of oxazole rings is 1. The molecule has 3 N–H and O–H groups in total. The molecule has 0 saturated carbocycles. The van der Waals surface area contributed by atoms with Crippen molar-refractivity contribution in [3.8, 4) is 11.5 Å². The fourth-order valence-electron chi connectivity index (χ4n) is 4.00. The second-order valence-electron chi connectivity index (χ2n) is 7.80. The molecule has 164 valence electrons. The number of aromatic nitrogens is 4. The van der Waals surface area contributed by atoms with Gasteiger partial charge in [0, 0.05) is 36.8 Å². The molecule has 1 aliphatic heterocycles. The SMILES string of the molecule is Cn1ncc2cc(NC(=O)c3coc(-c4cc[nH]c(=O)c4)n3)c(N3CCCCC3O)cc21. The number of aliphatic hydroxyl groups is 1. The number of aryl methyl sites for hydroxylation is 1. The number of piperidine rings is 1. The summed E-state index contributed by atoms with van der Waals surface area (Å²) in [7, 11) is 1.85. The van der Waals surface area contributed by atoms with Crippen molar-refractivity contribution in [3.63, 3.8) is 0 Å². The molecule has 4 heterocycles. The summed E-state index contributed by atoms with van der Waals surface area (Å²) in [6, 6.07) is 6.76. The Morgan fingerprint density at radius 1 is 1.31 bits per heavy atom. The first-order valence-corrected chi connectivity index (χ1v) is 10.4. The number of hydrogen-bond acceptors (Lipinski definition) is 7. The molecule has 0 aliphatic carbocycles. The number of carbonyl (C=O) groups excluding carboxylic acids is 1. The van der Waals surface area contributed by atoms with Gasteiger partial charge in [0.05, 0.1) is 23.1 Å². The Morgan fingerprint density at radius 2 is 2.19 bits per heavy atom. The van der Waals surface area contributed by atoms with Crippen LogP contribution in [-0.4, -0.2) is 43.5 Å². The molecule has 1 saturated heterocycles. The van der Waals surface area contributed by atoms with Gasteiger partial charge in [-0.15, -0.1) is 0 Å². The van der Waals surface area contributed by atoms with Crippen LogP contribution in [0.1, 0.15) is 29.8 Å². The van der Waals surface area contributed by atoms with Crippen molar-refractivity contribution in [1.29, 1.82) is 0 Å². The number of carbonyl (C=O) groups is 1. The highest BCUT2D eigenvalue weighted by Crippen LogP contribution is 2.35. The van der Waals surface area contributed by atoms with Crippen molar-refractivity contribution in [2.45, 2.75) is 25.5 Å². The normalized spacial score (nSPS) is 16.4. The number of benzene rings is 1. The van der Waals surface area contributed by atoms with Crippen molar-refractivity contribution in [1.82, 2.24) is 19.7 Å². The van der Waals surface area contributed by atoms with Crippen LogP contribution in [0, 0.1) is 0 Å². The van der Waals surface area contributed by atoms with Crippen molar-refractivity contribution in [2.75, 3.05) is 16.8 Å². The van der Waals surface area contributed by atoms with Gasteiger partial charge in [-0.2, -0.15) is 5.10 Å². The third-order valence-electron chi connectivity index (χ3n) is 5.65. The maximum atomic E-state index is 13.0. The lowest BCUT2D eigenvalue weighted by Gasteiger charge is -2.35. The minimum atomic E-state index is -0.625. The smallest absolute Gasteiger partial charge is 0.277 e. The highest BCUT2D eigenvalue weighted by atomic mass is 16.3. The van der Waals surface area contributed by atoms with Crippen molar-refractivity contribution in [2.24, 2.45) is 7.05 Å². The minimum absolute atomic E-state index is 0.0803. The minimum Gasteiger partial charge on any atom is -0.444 e. The van der Waals surface area contributed by atoms with Gasteiger partial charge in [0.2, 0.25) is 11.4 Å². The second-order valence-corrected chi connectivity index (χ2v) is 7.80. The number of amides is 1. The Bertz CT molecular complexity index is 1350. The van der Waals surface area contributed by atoms with Gasteiger partial charge < -0.3 is 24.7 Å². The van der Waals surface area contributed by atoms with Crippen LogP contribution in [-0.2, 0) is 7.05 Å². The summed E-state index contributed by atoms with van der Waals surface area (Å²) in [6.07, 6.45) is 6.42. The van der Waals surface area contributed by atoms with E-state index >= 15 is 0 Å². The van der Waals surface area contributed by atoms with Gasteiger partial charge in [-0.25, -0.2) is 4.98 Å². The fourth-order valence-corrected chi connectivity index (χ4v) is 4.00. The lowest BCUT2D eigenvalue weighted by Crippen LogP contribution is -2.39. The summed E-state index contributed by atoms with van der Waals surface area (Å²) in [5.74, 6) is -0.281. The van der Waals surface area contributed by atoms with Crippen molar-refractivity contribution >= 4 is 28.2 Å². The highest BCUT2D eigenvalue weighted by Gasteiger charge is 2.25. The van der Waals surface area contributed by atoms with Gasteiger partial charge in [0.1, 0.15) is 12.5 Å². The molecule has 0 radical (unpaired) electrons. The monoisotopic (exact) mass is 434 g/mol. The molecule has 10 heteroatoms. The average molecular weight is 434 g/mol. The second kappa shape index (κ2) is 7.97. The largest absolute Gasteiger partial charge is 0.444 e. The Morgan fingerprint density at radius 3 is 3.00 bits per heavy atom. The zero-order chi connectivity index (χ0) is 22.2. The number of pyridine rings is 1. The van der Waals surface area contributed by atoms with E-state index in [0.29, 0.717) is 24.2 Å². The molecule has 5 rings (SSSR count). The van der Waals surface area contributed by atoms with Gasteiger partial charge in [0.25, 0.3) is 5.91 Å². The number of hydrogen-bond donors (Lipinski definition) is 3. The van der Waals surface area contributed by atoms with E-state index in [2.05, 4.69) is 20.4 Å². The maximum Gasteiger partial charge on any atom is 0.277 e. The number of nitrogens with zero attached hydrogens (tertiary/aromatic N) is 4. The summed E-state index contributed by atoms with van der Waals surface area (Å²) in [4.78, 5) is 33.2. The van der Waals surface area contributed by atoms with Crippen molar-refractivity contribution < 1.29 is 14.3 Å². The van der Waals surface area contributed by atoms with Crippen LogP contribution in [0.15, 0.2) is 52.1 Å². The standard InChI is InChI=1S/C22H22N6O4/c1-27-17-10-18(28-7-3-2-4-20(28)30)15(8-14(17)11-24-27)25-21(31)16-12-32-22(26-16)13-5-6-23-19(29)9-13/h5-6,8-12,20,30H,2-4,7H2,1H3,(H,23,29)(H,25,31).